The lowest BCUT2D eigenvalue weighted by Crippen LogP contribution is -2.21. The number of benzene rings is 5. The number of ether oxygens (including phenoxy) is 2. The van der Waals surface area contributed by atoms with Gasteiger partial charge in [0.05, 0.1) is 0 Å². The summed E-state index contributed by atoms with van der Waals surface area (Å²) in [6.07, 6.45) is 12.3. The third kappa shape index (κ3) is 12.0. The Morgan fingerprint density at radius 3 is 1.51 bits per heavy atom. The van der Waals surface area contributed by atoms with Crippen LogP contribution in [0.5, 0.6) is 11.5 Å². The number of hydrogen-bond donors (Lipinski definition) is 4. The van der Waals surface area contributed by atoms with Crippen molar-refractivity contribution in [1.82, 2.24) is 0 Å². The first-order chi connectivity index (χ1) is 28.4. The average Bonchev–Trinajstić information content (AvgIpc) is 3.24. The van der Waals surface area contributed by atoms with Crippen LogP contribution < -0.4 is 31.2 Å². The molecule has 0 spiro atoms. The largest absolute Gasteiger partial charge is 0.488 e. The number of nitrogen functional groups attached to an aromatic ring is 1. The molecule has 312 valence electrons. The third-order valence-corrected chi connectivity index (χ3v) is 11.9. The molecule has 0 bridgehead atoms. The summed E-state index contributed by atoms with van der Waals surface area (Å²) < 4.78 is 13.0. The molecular weight excluding hydrogens is 771 g/mol. The molecule has 0 aliphatic heterocycles. The molecule has 0 aromatic heterocycles. The molecule has 0 fully saturated rings. The standard InChI is InChI=1S/C51H62Cl2N4O2/c1-8-50(5,44-30-40(52)22-26-46(44)54)28-12-14-38-20-24-42(56-10-3)32-48(38)58-34-36-16-18-37(19-17-36)35-59-49-33-43(57-11-4)25-21-39(49)15-13-29-51(6,9-2)45-31-41(53)23-27-47(45)55-7/h12-27,30-33,55-57H,8-11,28-29,34-35,54H2,1-7H3/b14-12+,15-13+. The molecule has 0 heterocycles. The fourth-order valence-corrected chi connectivity index (χ4v) is 7.69. The maximum atomic E-state index is 6.51. The molecular formula is C51H62Cl2N4O2. The van der Waals surface area contributed by atoms with Crippen LogP contribution in [-0.2, 0) is 24.0 Å². The summed E-state index contributed by atoms with van der Waals surface area (Å²) in [5.41, 5.74) is 16.6. The van der Waals surface area contributed by atoms with Crippen molar-refractivity contribution >= 4 is 58.1 Å². The lowest BCUT2D eigenvalue weighted by molar-refractivity contribution is 0.302. The fraction of sp³-hybridized carbons (Fsp3) is 0.333. The van der Waals surface area contributed by atoms with Gasteiger partial charge in [-0.05, 0) is 133 Å². The molecule has 2 atom stereocenters. The molecule has 0 saturated heterocycles. The lowest BCUT2D eigenvalue weighted by atomic mass is 9.76. The average molecular weight is 834 g/mol. The second-order valence-electron chi connectivity index (χ2n) is 15.7. The Bertz CT molecular complexity index is 2200. The molecule has 8 heteroatoms. The van der Waals surface area contributed by atoms with Crippen LogP contribution in [0.3, 0.4) is 0 Å². The Kier molecular flexibility index (Phi) is 16.3. The van der Waals surface area contributed by atoms with E-state index in [4.69, 9.17) is 38.4 Å². The van der Waals surface area contributed by atoms with E-state index < -0.39 is 0 Å². The van der Waals surface area contributed by atoms with Gasteiger partial charge >= 0.3 is 0 Å². The summed E-state index contributed by atoms with van der Waals surface area (Å²) >= 11 is 12.8. The normalized spacial score (nSPS) is 13.6. The van der Waals surface area contributed by atoms with Crippen LogP contribution in [0.15, 0.2) is 109 Å². The summed E-state index contributed by atoms with van der Waals surface area (Å²) in [5, 5.41) is 11.6. The van der Waals surface area contributed by atoms with Gasteiger partial charge in [0.25, 0.3) is 0 Å². The summed E-state index contributed by atoms with van der Waals surface area (Å²) in [6, 6.07) is 32.9. The van der Waals surface area contributed by atoms with Crippen molar-refractivity contribution in [3.05, 3.63) is 153 Å². The molecule has 0 aliphatic carbocycles. The minimum atomic E-state index is -0.152. The highest BCUT2D eigenvalue weighted by atomic mass is 35.5. The summed E-state index contributed by atoms with van der Waals surface area (Å²) in [6.45, 7) is 15.7. The second-order valence-corrected chi connectivity index (χ2v) is 16.5. The van der Waals surface area contributed by atoms with Crippen LogP contribution in [-0.4, -0.2) is 20.1 Å². The van der Waals surface area contributed by atoms with Crippen molar-refractivity contribution in [2.75, 3.05) is 41.8 Å². The quantitative estimate of drug-likeness (QED) is 0.0552. The van der Waals surface area contributed by atoms with Gasteiger partial charge < -0.3 is 31.2 Å². The van der Waals surface area contributed by atoms with E-state index in [1.807, 2.05) is 31.3 Å². The number of nitrogens with two attached hydrogens (primary N) is 1. The zero-order chi connectivity index (χ0) is 42.4. The SMILES string of the molecule is CCNc1ccc(/C=C/CC(C)(CC)c2cc(Cl)ccc2N)c(OCc2ccc(COc3cc(NCC)ccc3/C=C/CC(C)(CC)c3cc(Cl)ccc3NC)cc2)c1. The van der Waals surface area contributed by atoms with Crippen molar-refractivity contribution in [2.45, 2.75) is 91.3 Å². The predicted molar refractivity (Wildman–Crippen MR) is 256 cm³/mol. The number of hydrogen-bond acceptors (Lipinski definition) is 6. The number of nitrogens with one attached hydrogen (secondary N) is 3. The van der Waals surface area contributed by atoms with E-state index >= 15 is 0 Å². The second kappa shape index (κ2) is 21.3. The first-order valence-corrected chi connectivity index (χ1v) is 21.6. The molecule has 0 amide bonds. The molecule has 0 aliphatic rings. The van der Waals surface area contributed by atoms with Gasteiger partial charge in [-0.1, -0.05) is 99.5 Å². The van der Waals surface area contributed by atoms with Gasteiger partial charge in [0.2, 0.25) is 0 Å². The van der Waals surface area contributed by atoms with Gasteiger partial charge in [-0.15, -0.1) is 0 Å². The number of halogens is 2. The smallest absolute Gasteiger partial charge is 0.129 e. The molecule has 5 N–H and O–H groups in total. The maximum absolute atomic E-state index is 6.51. The van der Waals surface area contributed by atoms with E-state index in [1.165, 1.54) is 5.56 Å². The predicted octanol–water partition coefficient (Wildman–Crippen LogP) is 14.2. The Morgan fingerprint density at radius 1 is 0.593 bits per heavy atom. The Hall–Kier alpha value is -5.04. The van der Waals surface area contributed by atoms with Crippen molar-refractivity contribution in [3.8, 4) is 11.5 Å². The molecule has 5 aromatic rings. The molecule has 0 saturated carbocycles. The number of anilines is 4. The lowest BCUT2D eigenvalue weighted by Gasteiger charge is -2.30. The van der Waals surface area contributed by atoms with E-state index in [9.17, 15) is 0 Å². The Morgan fingerprint density at radius 2 is 1.05 bits per heavy atom. The highest BCUT2D eigenvalue weighted by molar-refractivity contribution is 6.31. The highest BCUT2D eigenvalue weighted by Gasteiger charge is 2.27. The topological polar surface area (TPSA) is 80.6 Å². The third-order valence-electron chi connectivity index (χ3n) is 11.5. The molecule has 6 nitrogen and oxygen atoms in total. The van der Waals surface area contributed by atoms with Crippen LogP contribution >= 0.6 is 23.2 Å². The van der Waals surface area contributed by atoms with Crippen LogP contribution in [0.1, 0.15) is 101 Å². The van der Waals surface area contributed by atoms with Gasteiger partial charge in [-0.25, -0.2) is 0 Å². The minimum absolute atomic E-state index is 0.0895. The number of allylic oxidation sites excluding steroid dienone is 2. The van der Waals surface area contributed by atoms with Crippen molar-refractivity contribution in [2.24, 2.45) is 0 Å². The van der Waals surface area contributed by atoms with Crippen LogP contribution in [0.4, 0.5) is 22.7 Å². The highest BCUT2D eigenvalue weighted by Crippen LogP contribution is 2.40. The van der Waals surface area contributed by atoms with Gasteiger partial charge in [0, 0.05) is 76.2 Å². The molecule has 0 radical (unpaired) electrons. The first-order valence-electron chi connectivity index (χ1n) is 20.9. The number of rotatable bonds is 21. The zero-order valence-corrected chi connectivity index (χ0v) is 37.4. The molecule has 5 aromatic carbocycles. The van der Waals surface area contributed by atoms with E-state index in [1.54, 1.807) is 0 Å². The van der Waals surface area contributed by atoms with E-state index in [0.717, 1.165) is 106 Å². The van der Waals surface area contributed by atoms with Crippen molar-refractivity contribution in [1.29, 1.82) is 0 Å². The first kappa shape index (κ1) is 45.1. The van der Waals surface area contributed by atoms with Crippen LogP contribution in [0, 0.1) is 0 Å². The van der Waals surface area contributed by atoms with E-state index in [0.29, 0.717) is 18.2 Å². The van der Waals surface area contributed by atoms with Crippen LogP contribution in [0.2, 0.25) is 10.0 Å². The van der Waals surface area contributed by atoms with Crippen molar-refractivity contribution < 1.29 is 9.47 Å². The Balaban J connectivity index is 1.26. The fourth-order valence-electron chi connectivity index (χ4n) is 7.34. The van der Waals surface area contributed by atoms with Gasteiger partial charge in [-0.2, -0.15) is 0 Å². The molecule has 59 heavy (non-hydrogen) atoms. The van der Waals surface area contributed by atoms with E-state index in [-0.39, 0.29) is 10.8 Å². The van der Waals surface area contributed by atoms with E-state index in [2.05, 4.69) is 155 Å². The van der Waals surface area contributed by atoms with Crippen molar-refractivity contribution in [3.63, 3.8) is 0 Å². The van der Waals surface area contributed by atoms with Gasteiger partial charge in [-0.3, -0.25) is 0 Å². The summed E-state index contributed by atoms with van der Waals surface area (Å²) in [4.78, 5) is 0. The molecule has 5 rings (SSSR count). The van der Waals surface area contributed by atoms with Gasteiger partial charge in [0.15, 0.2) is 0 Å². The summed E-state index contributed by atoms with van der Waals surface area (Å²) in [5.74, 6) is 1.66. The van der Waals surface area contributed by atoms with Crippen LogP contribution in [0.25, 0.3) is 12.2 Å². The monoisotopic (exact) mass is 832 g/mol. The van der Waals surface area contributed by atoms with Gasteiger partial charge in [0.1, 0.15) is 24.7 Å². The Labute approximate surface area is 363 Å². The minimum Gasteiger partial charge on any atom is -0.488 e. The maximum Gasteiger partial charge on any atom is 0.129 e. The molecule has 2 unspecified atom stereocenters. The summed E-state index contributed by atoms with van der Waals surface area (Å²) in [7, 11) is 1.96. The zero-order valence-electron chi connectivity index (χ0n) is 35.9.